The Kier molecular flexibility index (Phi) is 6.66. The van der Waals surface area contributed by atoms with Gasteiger partial charge in [0.1, 0.15) is 17.2 Å². The van der Waals surface area contributed by atoms with Crippen molar-refractivity contribution in [2.24, 2.45) is 0 Å². The van der Waals surface area contributed by atoms with Crippen molar-refractivity contribution < 1.29 is 19.4 Å². The van der Waals surface area contributed by atoms with Gasteiger partial charge in [0.2, 0.25) is 9.67 Å². The van der Waals surface area contributed by atoms with E-state index in [2.05, 4.69) is 4.98 Å². The predicted molar refractivity (Wildman–Crippen MR) is 113 cm³/mol. The summed E-state index contributed by atoms with van der Waals surface area (Å²) in [5.74, 6) is 0.119. The number of ether oxygens (including phenoxy) is 2. The second-order valence-corrected chi connectivity index (χ2v) is 8.70. The van der Waals surface area contributed by atoms with E-state index >= 15 is 0 Å². The number of aromatic nitrogens is 1. The third kappa shape index (κ3) is 5.59. The van der Waals surface area contributed by atoms with Gasteiger partial charge in [0.25, 0.3) is 0 Å². The van der Waals surface area contributed by atoms with Gasteiger partial charge >= 0.3 is 5.97 Å². The van der Waals surface area contributed by atoms with Crippen LogP contribution >= 0.6 is 58.0 Å². The van der Waals surface area contributed by atoms with Crippen LogP contribution in [-0.2, 0) is 3.79 Å². The number of benzene rings is 2. The van der Waals surface area contributed by atoms with E-state index in [0.29, 0.717) is 22.8 Å². The summed E-state index contributed by atoms with van der Waals surface area (Å²) in [4.78, 5) is 15.0. The minimum Gasteiger partial charge on any atom is -0.476 e. The van der Waals surface area contributed by atoms with Gasteiger partial charge in [-0.05, 0) is 42.5 Å². The van der Waals surface area contributed by atoms with E-state index in [1.165, 1.54) is 18.2 Å². The molecule has 0 aliphatic carbocycles. The summed E-state index contributed by atoms with van der Waals surface area (Å²) >= 11 is 29.5. The maximum atomic E-state index is 11.1. The third-order valence-electron chi connectivity index (χ3n) is 3.56. The Morgan fingerprint density at radius 1 is 0.862 bits per heavy atom. The molecular formula is C19H10Cl5NO4. The zero-order chi connectivity index (χ0) is 21.2. The van der Waals surface area contributed by atoms with Crippen LogP contribution in [0, 0.1) is 0 Å². The molecule has 10 heteroatoms. The molecule has 150 valence electrons. The first-order chi connectivity index (χ1) is 13.6. The van der Waals surface area contributed by atoms with Gasteiger partial charge in [-0.15, -0.1) is 0 Å². The molecule has 0 atom stereocenters. The van der Waals surface area contributed by atoms with Gasteiger partial charge in [0, 0.05) is 11.6 Å². The lowest BCUT2D eigenvalue weighted by atomic mass is 10.2. The standard InChI is InChI=1S/C19H10Cl5NO4/c20-13-6-8-16(25-17(13)18(26)27)29-12-4-2-11(3-5-12)28-15-7-1-10(9-14(15)21)19(22,23)24/h1-9H,(H,26,27). The molecule has 3 aromatic rings. The predicted octanol–water partition coefficient (Wildman–Crippen LogP) is 7.50. The van der Waals surface area contributed by atoms with Crippen LogP contribution in [-0.4, -0.2) is 16.1 Å². The van der Waals surface area contributed by atoms with Crippen LogP contribution in [0.15, 0.2) is 54.6 Å². The van der Waals surface area contributed by atoms with Gasteiger partial charge in [0.05, 0.1) is 10.0 Å². The zero-order valence-corrected chi connectivity index (χ0v) is 18.0. The number of hydrogen-bond donors (Lipinski definition) is 1. The number of alkyl halides is 3. The molecule has 0 spiro atoms. The van der Waals surface area contributed by atoms with Crippen LogP contribution in [0.1, 0.15) is 16.1 Å². The van der Waals surface area contributed by atoms with E-state index in [9.17, 15) is 4.79 Å². The number of aromatic carboxylic acids is 1. The molecule has 29 heavy (non-hydrogen) atoms. The number of pyridine rings is 1. The zero-order valence-electron chi connectivity index (χ0n) is 14.2. The Labute approximate surface area is 190 Å². The molecule has 3 rings (SSSR count). The molecule has 1 aromatic heterocycles. The van der Waals surface area contributed by atoms with E-state index in [-0.39, 0.29) is 21.6 Å². The first-order valence-corrected chi connectivity index (χ1v) is 9.75. The largest absolute Gasteiger partial charge is 0.476 e. The molecule has 2 aromatic carbocycles. The van der Waals surface area contributed by atoms with Crippen molar-refractivity contribution in [2.75, 3.05) is 0 Å². The average Bonchev–Trinajstić information content (AvgIpc) is 2.65. The average molecular weight is 494 g/mol. The van der Waals surface area contributed by atoms with Crippen molar-refractivity contribution in [3.8, 4) is 23.1 Å². The van der Waals surface area contributed by atoms with Gasteiger partial charge in [-0.25, -0.2) is 9.78 Å². The fourth-order valence-electron chi connectivity index (χ4n) is 2.21. The first kappa shape index (κ1) is 21.8. The van der Waals surface area contributed by atoms with Gasteiger partial charge < -0.3 is 14.6 Å². The van der Waals surface area contributed by atoms with E-state index in [1.807, 2.05) is 0 Å². The van der Waals surface area contributed by atoms with Crippen LogP contribution in [0.3, 0.4) is 0 Å². The minimum absolute atomic E-state index is 0.0197. The highest BCUT2D eigenvalue weighted by Crippen LogP contribution is 2.41. The summed E-state index contributed by atoms with van der Waals surface area (Å²) in [5.41, 5.74) is 0.122. The number of carboxylic acid groups (broad SMARTS) is 1. The van der Waals surface area contributed by atoms with Crippen molar-refractivity contribution in [3.05, 3.63) is 75.9 Å². The van der Waals surface area contributed by atoms with E-state index < -0.39 is 9.76 Å². The lowest BCUT2D eigenvalue weighted by molar-refractivity contribution is 0.0690. The number of halogens is 5. The summed E-state index contributed by atoms with van der Waals surface area (Å²) in [5, 5.41) is 9.36. The lowest BCUT2D eigenvalue weighted by Crippen LogP contribution is -2.02. The Bertz CT molecular complexity index is 1050. The molecule has 1 heterocycles. The van der Waals surface area contributed by atoms with Crippen LogP contribution in [0.2, 0.25) is 10.0 Å². The Hall–Kier alpha value is -1.89. The van der Waals surface area contributed by atoms with E-state index in [0.717, 1.165) is 0 Å². The summed E-state index contributed by atoms with van der Waals surface area (Å²) in [6.07, 6.45) is 0. The topological polar surface area (TPSA) is 68.7 Å². The highest BCUT2D eigenvalue weighted by atomic mass is 35.6. The van der Waals surface area contributed by atoms with Crippen molar-refractivity contribution in [2.45, 2.75) is 3.79 Å². The molecule has 0 radical (unpaired) electrons. The molecular weight excluding hydrogens is 483 g/mol. The highest BCUT2D eigenvalue weighted by molar-refractivity contribution is 6.66. The SMILES string of the molecule is O=C(O)c1nc(Oc2ccc(Oc3ccc(C(Cl)(Cl)Cl)cc3Cl)cc2)ccc1Cl. The van der Waals surface area contributed by atoms with Crippen molar-refractivity contribution >= 4 is 64.0 Å². The van der Waals surface area contributed by atoms with Crippen LogP contribution in [0.25, 0.3) is 0 Å². The van der Waals surface area contributed by atoms with Crippen molar-refractivity contribution in [1.29, 1.82) is 0 Å². The number of carbonyl (C=O) groups is 1. The number of carboxylic acids is 1. The monoisotopic (exact) mass is 491 g/mol. The van der Waals surface area contributed by atoms with Crippen molar-refractivity contribution in [1.82, 2.24) is 4.98 Å². The maximum Gasteiger partial charge on any atom is 0.356 e. The summed E-state index contributed by atoms with van der Waals surface area (Å²) < 4.78 is 9.68. The van der Waals surface area contributed by atoms with Gasteiger partial charge in [-0.1, -0.05) is 64.1 Å². The Morgan fingerprint density at radius 2 is 1.48 bits per heavy atom. The smallest absolute Gasteiger partial charge is 0.356 e. The Balaban J connectivity index is 1.73. The third-order valence-corrected chi connectivity index (χ3v) is 4.81. The second kappa shape index (κ2) is 8.86. The van der Waals surface area contributed by atoms with Crippen molar-refractivity contribution in [3.63, 3.8) is 0 Å². The van der Waals surface area contributed by atoms with Gasteiger partial charge in [0.15, 0.2) is 5.69 Å². The minimum atomic E-state index is -1.59. The molecule has 0 aliphatic rings. The number of rotatable bonds is 5. The maximum absolute atomic E-state index is 11.1. The van der Waals surface area contributed by atoms with Crippen LogP contribution in [0.5, 0.6) is 23.1 Å². The normalized spacial score (nSPS) is 11.2. The Morgan fingerprint density at radius 3 is 2.03 bits per heavy atom. The molecule has 0 bridgehead atoms. The molecule has 0 saturated heterocycles. The van der Waals surface area contributed by atoms with Gasteiger partial charge in [-0.3, -0.25) is 0 Å². The quantitative estimate of drug-likeness (QED) is 0.373. The molecule has 0 fully saturated rings. The fourth-order valence-corrected chi connectivity index (χ4v) is 2.97. The molecule has 0 unspecified atom stereocenters. The van der Waals surface area contributed by atoms with Crippen LogP contribution < -0.4 is 9.47 Å². The fraction of sp³-hybridized carbons (Fsp3) is 0.0526. The van der Waals surface area contributed by atoms with Crippen LogP contribution in [0.4, 0.5) is 0 Å². The van der Waals surface area contributed by atoms with E-state index in [1.54, 1.807) is 36.4 Å². The summed E-state index contributed by atoms with van der Waals surface area (Å²) in [6, 6.07) is 14.1. The molecule has 0 saturated carbocycles. The molecule has 5 nitrogen and oxygen atoms in total. The second-order valence-electron chi connectivity index (χ2n) is 5.60. The summed E-state index contributed by atoms with van der Waals surface area (Å²) in [7, 11) is 0. The number of hydrogen-bond acceptors (Lipinski definition) is 4. The van der Waals surface area contributed by atoms with E-state index in [4.69, 9.17) is 72.6 Å². The van der Waals surface area contributed by atoms with Gasteiger partial charge in [-0.2, -0.15) is 0 Å². The number of nitrogens with zero attached hydrogens (tertiary/aromatic N) is 1. The molecule has 0 amide bonds. The molecule has 0 aliphatic heterocycles. The lowest BCUT2D eigenvalue weighted by Gasteiger charge is -2.14. The molecule has 1 N–H and O–H groups in total. The summed E-state index contributed by atoms with van der Waals surface area (Å²) in [6.45, 7) is 0. The first-order valence-electron chi connectivity index (χ1n) is 7.86. The highest BCUT2D eigenvalue weighted by Gasteiger charge is 2.23.